The lowest BCUT2D eigenvalue weighted by Crippen LogP contribution is -2.47. The van der Waals surface area contributed by atoms with Gasteiger partial charge in [0.05, 0.1) is 0 Å². The predicted octanol–water partition coefficient (Wildman–Crippen LogP) is 4.09. The second-order valence-electron chi connectivity index (χ2n) is 4.53. The van der Waals surface area contributed by atoms with Crippen LogP contribution in [0.2, 0.25) is 10.0 Å². The van der Waals surface area contributed by atoms with Gasteiger partial charge in [0, 0.05) is 16.1 Å². The highest BCUT2D eigenvalue weighted by Crippen LogP contribution is 2.45. The molecular weight excluding hydrogens is 241 g/mol. The van der Waals surface area contributed by atoms with E-state index in [4.69, 9.17) is 23.2 Å². The van der Waals surface area contributed by atoms with Crippen LogP contribution < -0.4 is 5.32 Å². The molecule has 1 nitrogen and oxygen atoms in total. The highest BCUT2D eigenvalue weighted by Gasteiger charge is 2.38. The molecular formula is C13H17Cl2N. The van der Waals surface area contributed by atoms with Crippen molar-refractivity contribution in [1.82, 2.24) is 5.32 Å². The summed E-state index contributed by atoms with van der Waals surface area (Å²) >= 11 is 12.1. The van der Waals surface area contributed by atoms with E-state index in [-0.39, 0.29) is 0 Å². The van der Waals surface area contributed by atoms with Crippen molar-refractivity contribution >= 4 is 23.2 Å². The number of nitrogens with one attached hydrogen (secondary N) is 1. The SMILES string of the molecule is CCNC1CC(c2ccc(Cl)cc2Cl)C1C. The Hall–Kier alpha value is -0.240. The minimum atomic E-state index is 0.578. The van der Waals surface area contributed by atoms with Crippen LogP contribution in [0.4, 0.5) is 0 Å². The molecule has 88 valence electrons. The zero-order valence-electron chi connectivity index (χ0n) is 9.63. The molecule has 3 unspecified atom stereocenters. The monoisotopic (exact) mass is 257 g/mol. The van der Waals surface area contributed by atoms with Crippen molar-refractivity contribution in [2.24, 2.45) is 5.92 Å². The van der Waals surface area contributed by atoms with Crippen LogP contribution in [-0.2, 0) is 0 Å². The summed E-state index contributed by atoms with van der Waals surface area (Å²) in [6, 6.07) is 6.47. The summed E-state index contributed by atoms with van der Waals surface area (Å²) in [6.45, 7) is 5.47. The summed E-state index contributed by atoms with van der Waals surface area (Å²) < 4.78 is 0. The van der Waals surface area contributed by atoms with Crippen LogP contribution in [-0.4, -0.2) is 12.6 Å². The molecule has 1 fully saturated rings. The molecule has 0 heterocycles. The number of rotatable bonds is 3. The maximum absolute atomic E-state index is 6.22. The molecule has 3 atom stereocenters. The van der Waals surface area contributed by atoms with Gasteiger partial charge in [0.25, 0.3) is 0 Å². The van der Waals surface area contributed by atoms with Gasteiger partial charge in [-0.2, -0.15) is 0 Å². The highest BCUT2D eigenvalue weighted by atomic mass is 35.5. The number of benzene rings is 1. The number of hydrogen-bond acceptors (Lipinski definition) is 1. The average Bonchev–Trinajstić information content (AvgIpc) is 2.25. The minimum absolute atomic E-state index is 0.578. The van der Waals surface area contributed by atoms with Gasteiger partial charge < -0.3 is 5.32 Å². The van der Waals surface area contributed by atoms with E-state index in [2.05, 4.69) is 25.2 Å². The molecule has 16 heavy (non-hydrogen) atoms. The van der Waals surface area contributed by atoms with Gasteiger partial charge in [0.15, 0.2) is 0 Å². The molecule has 3 heteroatoms. The van der Waals surface area contributed by atoms with E-state index >= 15 is 0 Å². The van der Waals surface area contributed by atoms with Crippen molar-refractivity contribution in [3.8, 4) is 0 Å². The molecule has 1 aromatic carbocycles. The summed E-state index contributed by atoms with van der Waals surface area (Å²) in [5.41, 5.74) is 1.24. The molecule has 1 aromatic rings. The standard InChI is InChI=1S/C13H17Cl2N/c1-3-16-13-7-11(8(13)2)10-5-4-9(14)6-12(10)15/h4-6,8,11,13,16H,3,7H2,1-2H3. The third-order valence-corrected chi connectivity index (χ3v) is 4.17. The van der Waals surface area contributed by atoms with Crippen LogP contribution in [0.1, 0.15) is 31.7 Å². The highest BCUT2D eigenvalue weighted by molar-refractivity contribution is 6.35. The predicted molar refractivity (Wildman–Crippen MR) is 70.4 cm³/mol. The van der Waals surface area contributed by atoms with Crippen molar-refractivity contribution in [2.45, 2.75) is 32.2 Å². The average molecular weight is 258 g/mol. The first-order valence-corrected chi connectivity index (χ1v) is 6.57. The van der Waals surface area contributed by atoms with Crippen LogP contribution >= 0.6 is 23.2 Å². The van der Waals surface area contributed by atoms with Gasteiger partial charge in [0.1, 0.15) is 0 Å². The lowest BCUT2D eigenvalue weighted by molar-refractivity contribution is 0.187. The Kier molecular flexibility index (Phi) is 3.78. The molecule has 0 aromatic heterocycles. The number of halogens is 2. The van der Waals surface area contributed by atoms with Gasteiger partial charge in [-0.3, -0.25) is 0 Å². The molecule has 1 N–H and O–H groups in total. The van der Waals surface area contributed by atoms with Gasteiger partial charge >= 0.3 is 0 Å². The third kappa shape index (κ3) is 2.22. The van der Waals surface area contributed by atoms with Crippen molar-refractivity contribution in [1.29, 1.82) is 0 Å². The minimum Gasteiger partial charge on any atom is -0.314 e. The fraction of sp³-hybridized carbons (Fsp3) is 0.538. The van der Waals surface area contributed by atoms with Crippen molar-refractivity contribution in [3.05, 3.63) is 33.8 Å². The van der Waals surface area contributed by atoms with Crippen LogP contribution in [0.15, 0.2) is 18.2 Å². The quantitative estimate of drug-likeness (QED) is 0.860. The van der Waals surface area contributed by atoms with E-state index < -0.39 is 0 Å². The maximum atomic E-state index is 6.22. The first-order valence-electron chi connectivity index (χ1n) is 5.81. The van der Waals surface area contributed by atoms with Crippen LogP contribution in [0.5, 0.6) is 0 Å². The first kappa shape index (κ1) is 12.2. The Balaban J connectivity index is 2.10. The van der Waals surface area contributed by atoms with Gasteiger partial charge in [-0.15, -0.1) is 0 Å². The molecule has 0 radical (unpaired) electrons. The lowest BCUT2D eigenvalue weighted by Gasteiger charge is -2.44. The normalized spacial score (nSPS) is 28.9. The summed E-state index contributed by atoms with van der Waals surface area (Å²) in [6.07, 6.45) is 1.18. The van der Waals surface area contributed by atoms with E-state index in [1.807, 2.05) is 12.1 Å². The maximum Gasteiger partial charge on any atom is 0.0455 e. The molecule has 0 bridgehead atoms. The van der Waals surface area contributed by atoms with Crippen molar-refractivity contribution < 1.29 is 0 Å². The Morgan fingerprint density at radius 1 is 1.38 bits per heavy atom. The Morgan fingerprint density at radius 2 is 2.12 bits per heavy atom. The molecule has 2 rings (SSSR count). The molecule has 0 aliphatic heterocycles. The van der Waals surface area contributed by atoms with E-state index in [0.717, 1.165) is 11.6 Å². The second kappa shape index (κ2) is 4.95. The molecule has 0 saturated heterocycles. The van der Waals surface area contributed by atoms with Crippen LogP contribution in [0.3, 0.4) is 0 Å². The van der Waals surface area contributed by atoms with Crippen molar-refractivity contribution in [3.63, 3.8) is 0 Å². The molecule has 1 aliphatic carbocycles. The second-order valence-corrected chi connectivity index (χ2v) is 5.37. The van der Waals surface area contributed by atoms with E-state index in [0.29, 0.717) is 22.9 Å². The smallest absolute Gasteiger partial charge is 0.0455 e. The summed E-state index contributed by atoms with van der Waals surface area (Å²) in [4.78, 5) is 0. The van der Waals surface area contributed by atoms with Gasteiger partial charge in [-0.1, -0.05) is 43.1 Å². The first-order chi connectivity index (χ1) is 7.63. The summed E-state index contributed by atoms with van der Waals surface area (Å²) in [5.74, 6) is 1.23. The van der Waals surface area contributed by atoms with E-state index in [9.17, 15) is 0 Å². The largest absolute Gasteiger partial charge is 0.314 e. The Morgan fingerprint density at radius 3 is 2.69 bits per heavy atom. The molecule has 0 amide bonds. The van der Waals surface area contributed by atoms with E-state index in [1.54, 1.807) is 0 Å². The Labute approximate surface area is 107 Å². The molecule has 1 aliphatic rings. The van der Waals surface area contributed by atoms with Gasteiger partial charge in [-0.25, -0.2) is 0 Å². The lowest BCUT2D eigenvalue weighted by atomic mass is 9.67. The van der Waals surface area contributed by atoms with Crippen LogP contribution in [0, 0.1) is 5.92 Å². The topological polar surface area (TPSA) is 12.0 Å². The van der Waals surface area contributed by atoms with Crippen molar-refractivity contribution in [2.75, 3.05) is 6.54 Å². The zero-order valence-corrected chi connectivity index (χ0v) is 11.1. The third-order valence-electron chi connectivity index (χ3n) is 3.61. The molecule has 0 spiro atoms. The van der Waals surface area contributed by atoms with Gasteiger partial charge in [-0.05, 0) is 42.5 Å². The molecule has 1 saturated carbocycles. The summed E-state index contributed by atoms with van der Waals surface area (Å²) in [5, 5.41) is 5.01. The number of hydrogen-bond donors (Lipinski definition) is 1. The van der Waals surface area contributed by atoms with E-state index in [1.165, 1.54) is 12.0 Å². The van der Waals surface area contributed by atoms with Crippen LogP contribution in [0.25, 0.3) is 0 Å². The zero-order chi connectivity index (χ0) is 11.7. The fourth-order valence-corrected chi connectivity index (χ4v) is 3.08. The Bertz CT molecular complexity index is 378. The fourth-order valence-electron chi connectivity index (χ4n) is 2.53. The summed E-state index contributed by atoms with van der Waals surface area (Å²) in [7, 11) is 0. The van der Waals surface area contributed by atoms with Gasteiger partial charge in [0.2, 0.25) is 0 Å².